The van der Waals surface area contributed by atoms with E-state index in [1.54, 1.807) is 0 Å². The standard InChI is InChI=1S/C9H19BrO2/c1-3-6-9(2,10)12-8-5-4-7-11/h11H,3-8H2,1-2H3. The number of hydrogen-bond acceptors (Lipinski definition) is 2. The van der Waals surface area contributed by atoms with Crippen LogP contribution in [-0.4, -0.2) is 22.8 Å². The van der Waals surface area contributed by atoms with Crippen molar-refractivity contribution >= 4 is 15.9 Å². The molecule has 0 saturated heterocycles. The molecule has 0 rings (SSSR count). The molecule has 0 radical (unpaired) electrons. The molecule has 0 fully saturated rings. The van der Waals surface area contributed by atoms with Gasteiger partial charge in [0.05, 0.1) is 0 Å². The van der Waals surface area contributed by atoms with Gasteiger partial charge in [-0.15, -0.1) is 0 Å². The SMILES string of the molecule is CCCC(C)(Br)OCCCCO. The van der Waals surface area contributed by atoms with E-state index in [0.717, 1.165) is 32.3 Å². The molecular formula is C9H19BrO2. The van der Waals surface area contributed by atoms with Crippen LogP contribution in [0.25, 0.3) is 0 Å². The molecule has 1 unspecified atom stereocenters. The van der Waals surface area contributed by atoms with Crippen LogP contribution in [0, 0.1) is 0 Å². The summed E-state index contributed by atoms with van der Waals surface area (Å²) in [6.45, 7) is 5.16. The summed E-state index contributed by atoms with van der Waals surface area (Å²) in [6.07, 6.45) is 3.89. The largest absolute Gasteiger partial charge is 0.396 e. The summed E-state index contributed by atoms with van der Waals surface area (Å²) >= 11 is 3.51. The van der Waals surface area contributed by atoms with Crippen molar-refractivity contribution < 1.29 is 9.84 Å². The first-order valence-corrected chi connectivity index (χ1v) is 5.35. The van der Waals surface area contributed by atoms with Gasteiger partial charge in [-0.25, -0.2) is 0 Å². The van der Waals surface area contributed by atoms with Crippen molar-refractivity contribution in [3.63, 3.8) is 0 Å². The van der Waals surface area contributed by atoms with Gasteiger partial charge in [0.25, 0.3) is 0 Å². The number of unbranched alkanes of at least 4 members (excludes halogenated alkanes) is 1. The molecule has 0 aliphatic rings. The molecular weight excluding hydrogens is 220 g/mol. The average Bonchev–Trinajstić information content (AvgIpc) is 1.98. The molecule has 0 bridgehead atoms. The predicted molar refractivity (Wildman–Crippen MR) is 54.5 cm³/mol. The highest BCUT2D eigenvalue weighted by molar-refractivity contribution is 9.10. The van der Waals surface area contributed by atoms with Crippen LogP contribution >= 0.6 is 15.9 Å². The molecule has 0 aliphatic carbocycles. The van der Waals surface area contributed by atoms with Crippen molar-refractivity contribution in [2.75, 3.05) is 13.2 Å². The lowest BCUT2D eigenvalue weighted by atomic mass is 10.2. The van der Waals surface area contributed by atoms with E-state index < -0.39 is 0 Å². The first-order valence-electron chi connectivity index (χ1n) is 4.56. The third kappa shape index (κ3) is 7.07. The van der Waals surface area contributed by atoms with Gasteiger partial charge in [-0.2, -0.15) is 0 Å². The lowest BCUT2D eigenvalue weighted by molar-refractivity contribution is 0.0342. The summed E-state index contributed by atoms with van der Waals surface area (Å²) in [6, 6.07) is 0. The Morgan fingerprint density at radius 2 is 2.08 bits per heavy atom. The van der Waals surface area contributed by atoms with Crippen LogP contribution in [0.1, 0.15) is 39.5 Å². The van der Waals surface area contributed by atoms with Crippen molar-refractivity contribution in [3.8, 4) is 0 Å². The normalized spacial score (nSPS) is 16.0. The quantitative estimate of drug-likeness (QED) is 0.546. The minimum atomic E-state index is -0.169. The minimum Gasteiger partial charge on any atom is -0.396 e. The van der Waals surface area contributed by atoms with E-state index in [0.29, 0.717) is 0 Å². The molecule has 0 heterocycles. The number of aliphatic hydroxyl groups excluding tert-OH is 1. The fourth-order valence-corrected chi connectivity index (χ4v) is 1.58. The van der Waals surface area contributed by atoms with Crippen LogP contribution in [0.15, 0.2) is 0 Å². The Kier molecular flexibility index (Phi) is 7.10. The van der Waals surface area contributed by atoms with Gasteiger partial charge in [-0.05, 0) is 26.2 Å². The molecule has 12 heavy (non-hydrogen) atoms. The molecule has 0 aromatic rings. The number of rotatable bonds is 7. The molecule has 1 atom stereocenters. The van der Waals surface area contributed by atoms with Crippen molar-refractivity contribution in [1.29, 1.82) is 0 Å². The monoisotopic (exact) mass is 238 g/mol. The summed E-state index contributed by atoms with van der Waals surface area (Å²) in [5.41, 5.74) is 0. The zero-order chi connectivity index (χ0) is 9.45. The van der Waals surface area contributed by atoms with Crippen molar-refractivity contribution in [3.05, 3.63) is 0 Å². The average molecular weight is 239 g/mol. The Hall–Kier alpha value is 0.400. The molecule has 2 nitrogen and oxygen atoms in total. The van der Waals surface area contributed by atoms with Gasteiger partial charge in [0.15, 0.2) is 0 Å². The Labute approximate surface area is 83.4 Å². The second kappa shape index (κ2) is 6.87. The molecule has 0 spiro atoms. The zero-order valence-corrected chi connectivity index (χ0v) is 9.56. The Balaban J connectivity index is 3.33. The Bertz CT molecular complexity index is 105. The van der Waals surface area contributed by atoms with Gasteiger partial charge in [0, 0.05) is 13.2 Å². The van der Waals surface area contributed by atoms with Gasteiger partial charge in [0.1, 0.15) is 4.51 Å². The number of aliphatic hydroxyl groups is 1. The van der Waals surface area contributed by atoms with E-state index in [2.05, 4.69) is 22.9 Å². The van der Waals surface area contributed by atoms with Gasteiger partial charge < -0.3 is 9.84 Å². The van der Waals surface area contributed by atoms with E-state index in [1.807, 2.05) is 6.92 Å². The molecule has 0 aromatic carbocycles. The lowest BCUT2D eigenvalue weighted by Gasteiger charge is -2.22. The van der Waals surface area contributed by atoms with E-state index in [9.17, 15) is 0 Å². The first-order chi connectivity index (χ1) is 5.62. The number of ether oxygens (including phenoxy) is 1. The number of alkyl halides is 1. The molecule has 0 aliphatic heterocycles. The van der Waals surface area contributed by atoms with Crippen LogP contribution in [0.5, 0.6) is 0 Å². The third-order valence-electron chi connectivity index (χ3n) is 1.65. The lowest BCUT2D eigenvalue weighted by Crippen LogP contribution is -2.20. The maximum Gasteiger partial charge on any atom is 0.120 e. The van der Waals surface area contributed by atoms with Gasteiger partial charge >= 0.3 is 0 Å². The summed E-state index contributed by atoms with van der Waals surface area (Å²) in [7, 11) is 0. The Morgan fingerprint density at radius 3 is 2.58 bits per heavy atom. The van der Waals surface area contributed by atoms with E-state index in [4.69, 9.17) is 9.84 Å². The van der Waals surface area contributed by atoms with Crippen LogP contribution in [-0.2, 0) is 4.74 Å². The van der Waals surface area contributed by atoms with E-state index >= 15 is 0 Å². The van der Waals surface area contributed by atoms with Crippen molar-refractivity contribution in [1.82, 2.24) is 0 Å². The molecule has 1 N–H and O–H groups in total. The fraction of sp³-hybridized carbons (Fsp3) is 1.00. The van der Waals surface area contributed by atoms with Gasteiger partial charge in [0.2, 0.25) is 0 Å². The second-order valence-electron chi connectivity index (χ2n) is 3.13. The van der Waals surface area contributed by atoms with E-state index in [-0.39, 0.29) is 11.1 Å². The Morgan fingerprint density at radius 1 is 1.42 bits per heavy atom. The predicted octanol–water partition coefficient (Wildman–Crippen LogP) is 2.69. The molecule has 0 saturated carbocycles. The highest BCUT2D eigenvalue weighted by atomic mass is 79.9. The highest BCUT2D eigenvalue weighted by Crippen LogP contribution is 2.24. The summed E-state index contributed by atoms with van der Waals surface area (Å²) in [4.78, 5) is 0. The summed E-state index contributed by atoms with van der Waals surface area (Å²) < 4.78 is 5.41. The van der Waals surface area contributed by atoms with Crippen LogP contribution in [0.3, 0.4) is 0 Å². The second-order valence-corrected chi connectivity index (χ2v) is 4.81. The molecule has 0 aromatic heterocycles. The third-order valence-corrected chi connectivity index (χ3v) is 2.28. The van der Waals surface area contributed by atoms with Crippen LogP contribution < -0.4 is 0 Å². The van der Waals surface area contributed by atoms with Crippen LogP contribution in [0.2, 0.25) is 0 Å². The molecule has 0 amide bonds. The maximum atomic E-state index is 8.53. The fourth-order valence-electron chi connectivity index (χ4n) is 1.02. The van der Waals surface area contributed by atoms with Crippen molar-refractivity contribution in [2.24, 2.45) is 0 Å². The number of halogens is 1. The molecule has 3 heteroatoms. The topological polar surface area (TPSA) is 29.5 Å². The number of hydrogen-bond donors (Lipinski definition) is 1. The maximum absolute atomic E-state index is 8.53. The summed E-state index contributed by atoms with van der Waals surface area (Å²) in [5.74, 6) is 0. The van der Waals surface area contributed by atoms with E-state index in [1.165, 1.54) is 0 Å². The van der Waals surface area contributed by atoms with Gasteiger partial charge in [-0.1, -0.05) is 29.3 Å². The smallest absolute Gasteiger partial charge is 0.120 e. The highest BCUT2D eigenvalue weighted by Gasteiger charge is 2.18. The first kappa shape index (κ1) is 12.4. The molecule has 74 valence electrons. The van der Waals surface area contributed by atoms with Crippen molar-refractivity contribution in [2.45, 2.75) is 44.0 Å². The van der Waals surface area contributed by atoms with Gasteiger partial charge in [-0.3, -0.25) is 0 Å². The minimum absolute atomic E-state index is 0.169. The summed E-state index contributed by atoms with van der Waals surface area (Å²) in [5, 5.41) is 8.53. The zero-order valence-electron chi connectivity index (χ0n) is 7.98. The van der Waals surface area contributed by atoms with Crippen LogP contribution in [0.4, 0.5) is 0 Å².